The SMILES string of the molecule is Cc1cccc(C(=O)C(F)(F)C(F)(F)C(F)(F)C(F)(F)F)c1C. The van der Waals surface area contributed by atoms with Gasteiger partial charge in [0.15, 0.2) is 0 Å². The molecule has 23 heavy (non-hydrogen) atoms. The zero-order valence-corrected chi connectivity index (χ0v) is 11.5. The van der Waals surface area contributed by atoms with Gasteiger partial charge in [-0.15, -0.1) is 0 Å². The number of hydrogen-bond donors (Lipinski definition) is 0. The van der Waals surface area contributed by atoms with E-state index in [0.29, 0.717) is 6.07 Å². The topological polar surface area (TPSA) is 17.1 Å². The lowest BCUT2D eigenvalue weighted by Gasteiger charge is -2.33. The molecule has 0 bridgehead atoms. The molecule has 0 fully saturated rings. The lowest BCUT2D eigenvalue weighted by Crippen LogP contribution is -2.63. The molecule has 0 atom stereocenters. The zero-order valence-electron chi connectivity index (χ0n) is 11.5. The highest BCUT2D eigenvalue weighted by Gasteiger charge is 2.83. The Hall–Kier alpha value is -1.74. The average Bonchev–Trinajstić information content (AvgIpc) is 2.39. The summed E-state index contributed by atoms with van der Waals surface area (Å²) in [6, 6.07) is 2.96. The fourth-order valence-electron chi connectivity index (χ4n) is 1.68. The maximum atomic E-state index is 13.5. The molecule has 1 nitrogen and oxygen atoms in total. The van der Waals surface area contributed by atoms with Crippen molar-refractivity contribution < 1.29 is 44.3 Å². The largest absolute Gasteiger partial charge is 0.460 e. The van der Waals surface area contributed by atoms with E-state index in [-0.39, 0.29) is 11.1 Å². The van der Waals surface area contributed by atoms with Crippen LogP contribution in [0.2, 0.25) is 0 Å². The first-order valence-corrected chi connectivity index (χ1v) is 5.90. The Bertz CT molecular complexity index is 616. The van der Waals surface area contributed by atoms with Crippen LogP contribution in [-0.2, 0) is 0 Å². The van der Waals surface area contributed by atoms with Gasteiger partial charge < -0.3 is 0 Å². The van der Waals surface area contributed by atoms with Gasteiger partial charge in [-0.25, -0.2) is 0 Å². The first kappa shape index (κ1) is 19.3. The summed E-state index contributed by atoms with van der Waals surface area (Å²) < 4.78 is 115. The number of hydrogen-bond acceptors (Lipinski definition) is 1. The lowest BCUT2D eigenvalue weighted by atomic mass is 9.92. The Kier molecular flexibility index (Phi) is 4.54. The van der Waals surface area contributed by atoms with Crippen molar-refractivity contribution in [2.75, 3.05) is 0 Å². The molecule has 0 aliphatic carbocycles. The molecule has 0 aliphatic heterocycles. The minimum absolute atomic E-state index is 0.192. The van der Waals surface area contributed by atoms with Crippen LogP contribution in [0.1, 0.15) is 21.5 Å². The van der Waals surface area contributed by atoms with Crippen molar-refractivity contribution in [3.05, 3.63) is 34.9 Å². The van der Waals surface area contributed by atoms with Gasteiger partial charge in [0.1, 0.15) is 0 Å². The molecule has 0 radical (unpaired) electrons. The maximum absolute atomic E-state index is 13.5. The number of aryl methyl sites for hydroxylation is 1. The lowest BCUT2D eigenvalue weighted by molar-refractivity contribution is -0.386. The number of ketones is 1. The summed E-state index contributed by atoms with van der Waals surface area (Å²) in [5.41, 5.74) is -1.10. The van der Waals surface area contributed by atoms with E-state index in [9.17, 15) is 44.3 Å². The molecule has 1 rings (SSSR count). The molecule has 10 heteroatoms. The molecule has 0 spiro atoms. The first-order valence-electron chi connectivity index (χ1n) is 5.90. The van der Waals surface area contributed by atoms with Gasteiger partial charge in [0, 0.05) is 5.56 Å². The third kappa shape index (κ3) is 2.78. The van der Waals surface area contributed by atoms with E-state index < -0.39 is 35.3 Å². The molecule has 0 N–H and O–H groups in total. The Morgan fingerprint density at radius 3 is 1.74 bits per heavy atom. The van der Waals surface area contributed by atoms with Crippen LogP contribution in [0, 0.1) is 13.8 Å². The summed E-state index contributed by atoms with van der Waals surface area (Å²) in [6.07, 6.45) is -6.96. The minimum Gasteiger partial charge on any atom is -0.287 e. The van der Waals surface area contributed by atoms with Crippen molar-refractivity contribution in [3.8, 4) is 0 Å². The van der Waals surface area contributed by atoms with Crippen LogP contribution < -0.4 is 0 Å². The molecule has 0 saturated heterocycles. The molecular formula is C13H9F9O. The van der Waals surface area contributed by atoms with Gasteiger partial charge in [-0.05, 0) is 25.0 Å². The van der Waals surface area contributed by atoms with Crippen LogP contribution in [0.4, 0.5) is 39.5 Å². The Morgan fingerprint density at radius 1 is 0.826 bits per heavy atom. The quantitative estimate of drug-likeness (QED) is 0.553. The second-order valence-electron chi connectivity index (χ2n) is 4.80. The summed E-state index contributed by atoms with van der Waals surface area (Å²) in [4.78, 5) is 11.5. The molecule has 0 aromatic heterocycles. The number of benzene rings is 1. The molecule has 0 aliphatic rings. The van der Waals surface area contributed by atoms with Crippen molar-refractivity contribution in [1.82, 2.24) is 0 Å². The number of rotatable bonds is 4. The van der Waals surface area contributed by atoms with Gasteiger partial charge in [-0.2, -0.15) is 39.5 Å². The van der Waals surface area contributed by atoms with Gasteiger partial charge in [-0.1, -0.05) is 18.2 Å². The number of carbonyl (C=O) groups excluding carboxylic acids is 1. The van der Waals surface area contributed by atoms with Crippen LogP contribution in [-0.4, -0.2) is 29.7 Å². The van der Waals surface area contributed by atoms with E-state index in [1.807, 2.05) is 0 Å². The van der Waals surface area contributed by atoms with Crippen LogP contribution in [0.25, 0.3) is 0 Å². The van der Waals surface area contributed by atoms with Gasteiger partial charge in [0.05, 0.1) is 0 Å². The van der Waals surface area contributed by atoms with E-state index >= 15 is 0 Å². The van der Waals surface area contributed by atoms with Crippen molar-refractivity contribution in [3.63, 3.8) is 0 Å². The number of alkyl halides is 9. The third-order valence-electron chi connectivity index (χ3n) is 3.28. The first-order chi connectivity index (χ1) is 10.1. The van der Waals surface area contributed by atoms with Gasteiger partial charge in [-0.3, -0.25) is 4.79 Å². The van der Waals surface area contributed by atoms with E-state index in [0.717, 1.165) is 13.0 Å². The van der Waals surface area contributed by atoms with E-state index in [2.05, 4.69) is 0 Å². The third-order valence-corrected chi connectivity index (χ3v) is 3.28. The minimum atomic E-state index is -7.09. The Labute approximate surface area is 124 Å². The van der Waals surface area contributed by atoms with E-state index in [1.165, 1.54) is 13.0 Å². The summed E-state index contributed by atoms with van der Waals surface area (Å²) in [7, 11) is 0. The van der Waals surface area contributed by atoms with Crippen molar-refractivity contribution in [2.45, 2.75) is 37.8 Å². The molecule has 1 aromatic carbocycles. The highest BCUT2D eigenvalue weighted by atomic mass is 19.4. The molecule has 0 amide bonds. The Morgan fingerprint density at radius 2 is 1.30 bits per heavy atom. The van der Waals surface area contributed by atoms with Crippen LogP contribution in [0.5, 0.6) is 0 Å². The van der Waals surface area contributed by atoms with Crippen molar-refractivity contribution in [1.29, 1.82) is 0 Å². The second-order valence-corrected chi connectivity index (χ2v) is 4.80. The molecule has 0 unspecified atom stereocenters. The molecule has 0 saturated carbocycles. The Balaban J connectivity index is 3.45. The van der Waals surface area contributed by atoms with Gasteiger partial charge in [0.25, 0.3) is 0 Å². The average molecular weight is 352 g/mol. The van der Waals surface area contributed by atoms with Gasteiger partial charge in [0.2, 0.25) is 5.78 Å². The molecule has 130 valence electrons. The fourth-order valence-corrected chi connectivity index (χ4v) is 1.68. The summed E-state index contributed by atoms with van der Waals surface area (Å²) in [5, 5.41) is 0. The van der Waals surface area contributed by atoms with Crippen LogP contribution in [0.3, 0.4) is 0 Å². The number of Topliss-reactive ketones (excluding diaryl/α,β-unsaturated/α-hetero) is 1. The normalized spacial score (nSPS) is 14.0. The second kappa shape index (κ2) is 5.41. The predicted molar refractivity (Wildman–Crippen MR) is 61.1 cm³/mol. The smallest absolute Gasteiger partial charge is 0.287 e. The molecule has 0 heterocycles. The summed E-state index contributed by atoms with van der Waals surface area (Å²) in [6.45, 7) is 2.38. The maximum Gasteiger partial charge on any atom is 0.460 e. The highest BCUT2D eigenvalue weighted by Crippen LogP contribution is 2.53. The predicted octanol–water partition coefficient (Wildman–Crippen LogP) is 4.95. The van der Waals surface area contributed by atoms with E-state index in [4.69, 9.17) is 0 Å². The number of halogens is 9. The van der Waals surface area contributed by atoms with E-state index in [1.54, 1.807) is 0 Å². The fraction of sp³-hybridized carbons (Fsp3) is 0.462. The van der Waals surface area contributed by atoms with Crippen molar-refractivity contribution in [2.24, 2.45) is 0 Å². The van der Waals surface area contributed by atoms with Crippen molar-refractivity contribution >= 4 is 5.78 Å². The molecular weight excluding hydrogens is 343 g/mol. The number of carbonyl (C=O) groups is 1. The monoisotopic (exact) mass is 352 g/mol. The summed E-state index contributed by atoms with van der Waals surface area (Å²) >= 11 is 0. The standard InChI is InChI=1S/C13H9F9O/c1-6-4-3-5-8(7(6)2)9(23)10(14,15)11(16,17)12(18,19)13(20,21)22/h3-5H,1-2H3. The highest BCUT2D eigenvalue weighted by molar-refractivity contribution is 6.03. The van der Waals surface area contributed by atoms with Crippen LogP contribution >= 0.6 is 0 Å². The van der Waals surface area contributed by atoms with Gasteiger partial charge >= 0.3 is 23.9 Å². The molecule has 1 aromatic rings. The summed E-state index contributed by atoms with van der Waals surface area (Å²) in [5.74, 6) is -23.1. The van der Waals surface area contributed by atoms with Crippen LogP contribution in [0.15, 0.2) is 18.2 Å². The zero-order chi connectivity index (χ0) is 18.4.